The monoisotopic (exact) mass is 399 g/mol. The van der Waals surface area contributed by atoms with E-state index in [-0.39, 0.29) is 5.63 Å². The van der Waals surface area contributed by atoms with Crippen molar-refractivity contribution < 1.29 is 9.15 Å². The minimum Gasteiger partial charge on any atom is -0.473 e. The van der Waals surface area contributed by atoms with Crippen LogP contribution in [0.2, 0.25) is 0 Å². The van der Waals surface area contributed by atoms with Gasteiger partial charge in [0.25, 0.3) is 0 Å². The second-order valence-electron chi connectivity index (χ2n) is 6.27. The summed E-state index contributed by atoms with van der Waals surface area (Å²) in [6, 6.07) is 11.7. The van der Waals surface area contributed by atoms with E-state index in [1.54, 1.807) is 6.07 Å². The number of hydrogen-bond donors (Lipinski definition) is 0. The average molecular weight is 400 g/mol. The molecule has 4 nitrogen and oxygen atoms in total. The molecule has 0 fully saturated rings. The predicted molar refractivity (Wildman–Crippen MR) is 102 cm³/mol. The molecule has 5 heteroatoms. The summed E-state index contributed by atoms with van der Waals surface area (Å²) < 4.78 is 12.6. The Bertz CT molecular complexity index is 1030. The largest absolute Gasteiger partial charge is 0.473 e. The molecule has 0 radical (unpaired) electrons. The Labute approximate surface area is 154 Å². The van der Waals surface area contributed by atoms with Crippen LogP contribution in [-0.4, -0.2) is 6.73 Å². The van der Waals surface area contributed by atoms with Crippen molar-refractivity contribution in [3.8, 4) is 5.75 Å². The van der Waals surface area contributed by atoms with Crippen LogP contribution in [-0.2, 0) is 13.0 Å². The molecule has 2 aromatic carbocycles. The Morgan fingerprint density at radius 1 is 1.20 bits per heavy atom. The number of hydrogen-bond acceptors (Lipinski definition) is 4. The van der Waals surface area contributed by atoms with Gasteiger partial charge in [-0.3, -0.25) is 0 Å². The van der Waals surface area contributed by atoms with Gasteiger partial charge in [-0.05, 0) is 54.8 Å². The highest BCUT2D eigenvalue weighted by atomic mass is 79.9. The number of halogens is 1. The zero-order valence-corrected chi connectivity index (χ0v) is 15.7. The molecule has 0 saturated heterocycles. The summed E-state index contributed by atoms with van der Waals surface area (Å²) in [5.41, 5.74) is 4.54. The molecule has 0 bridgehead atoms. The van der Waals surface area contributed by atoms with Crippen LogP contribution in [0.25, 0.3) is 11.0 Å². The van der Waals surface area contributed by atoms with Gasteiger partial charge >= 0.3 is 5.63 Å². The molecule has 1 aromatic heterocycles. The van der Waals surface area contributed by atoms with Gasteiger partial charge in [0.1, 0.15) is 11.3 Å². The van der Waals surface area contributed by atoms with E-state index in [2.05, 4.69) is 39.9 Å². The molecule has 0 amide bonds. The van der Waals surface area contributed by atoms with Gasteiger partial charge in [0, 0.05) is 21.6 Å². The molecule has 1 aliphatic rings. The van der Waals surface area contributed by atoms with Crippen LogP contribution in [0.4, 0.5) is 5.69 Å². The third-order valence-electron chi connectivity index (χ3n) is 4.66. The van der Waals surface area contributed by atoms with Crippen LogP contribution < -0.4 is 15.3 Å². The Kier molecular flexibility index (Phi) is 4.04. The molecule has 0 saturated carbocycles. The summed E-state index contributed by atoms with van der Waals surface area (Å²) in [4.78, 5) is 14.1. The highest BCUT2D eigenvalue weighted by Crippen LogP contribution is 2.36. The zero-order valence-electron chi connectivity index (χ0n) is 14.1. The van der Waals surface area contributed by atoms with Gasteiger partial charge in [0.15, 0.2) is 6.73 Å². The molecule has 4 rings (SSSR count). The molecule has 25 heavy (non-hydrogen) atoms. The van der Waals surface area contributed by atoms with E-state index in [9.17, 15) is 4.79 Å². The summed E-state index contributed by atoms with van der Waals surface area (Å²) in [7, 11) is 0. The number of rotatable bonds is 2. The minimum absolute atomic E-state index is 0.310. The number of nitrogens with zero attached hydrogens (tertiary/aromatic N) is 1. The second-order valence-corrected chi connectivity index (χ2v) is 7.18. The third-order valence-corrected chi connectivity index (χ3v) is 5.16. The maximum Gasteiger partial charge on any atom is 0.336 e. The summed E-state index contributed by atoms with van der Waals surface area (Å²) in [6.45, 7) is 5.24. The first-order chi connectivity index (χ1) is 12.1. The molecule has 0 aliphatic carbocycles. The first-order valence-electron chi connectivity index (χ1n) is 8.29. The fraction of sp³-hybridized carbons (Fsp3) is 0.250. The van der Waals surface area contributed by atoms with Crippen LogP contribution in [0.15, 0.2) is 50.1 Å². The second kappa shape index (κ2) is 6.23. The van der Waals surface area contributed by atoms with Crippen LogP contribution in [0.3, 0.4) is 0 Å². The van der Waals surface area contributed by atoms with E-state index in [1.165, 1.54) is 0 Å². The Morgan fingerprint density at radius 3 is 2.80 bits per heavy atom. The Balaban J connectivity index is 1.84. The number of benzene rings is 2. The van der Waals surface area contributed by atoms with E-state index in [1.807, 2.05) is 25.1 Å². The fourth-order valence-electron chi connectivity index (χ4n) is 3.42. The number of fused-ring (bicyclic) bond motifs is 3. The zero-order chi connectivity index (χ0) is 17.6. The first-order valence-corrected chi connectivity index (χ1v) is 9.08. The van der Waals surface area contributed by atoms with Crippen LogP contribution >= 0.6 is 15.9 Å². The van der Waals surface area contributed by atoms with Gasteiger partial charge in [-0.2, -0.15) is 0 Å². The van der Waals surface area contributed by atoms with Crippen LogP contribution in [0, 0.1) is 6.92 Å². The van der Waals surface area contributed by atoms with Gasteiger partial charge in [0.2, 0.25) is 0 Å². The van der Waals surface area contributed by atoms with Crippen molar-refractivity contribution in [1.82, 2.24) is 0 Å². The average Bonchev–Trinajstić information content (AvgIpc) is 2.60. The van der Waals surface area contributed by atoms with E-state index >= 15 is 0 Å². The molecule has 2 heterocycles. The third kappa shape index (κ3) is 2.82. The molecule has 128 valence electrons. The molecule has 0 spiro atoms. The normalized spacial score (nSPS) is 13.6. The summed E-state index contributed by atoms with van der Waals surface area (Å²) >= 11 is 3.50. The van der Waals surface area contributed by atoms with Crippen molar-refractivity contribution in [3.05, 3.63) is 68.0 Å². The maximum absolute atomic E-state index is 12.0. The van der Waals surface area contributed by atoms with Crippen molar-refractivity contribution in [1.29, 1.82) is 0 Å². The molecular weight excluding hydrogens is 382 g/mol. The van der Waals surface area contributed by atoms with Crippen molar-refractivity contribution in [2.45, 2.75) is 26.8 Å². The SMILES string of the molecule is CCc1cc(=O)oc2c3c(ccc12)OCN(c1ccc(Br)cc1C)C3. The smallest absolute Gasteiger partial charge is 0.336 e. The fourth-order valence-corrected chi connectivity index (χ4v) is 3.89. The summed E-state index contributed by atoms with van der Waals surface area (Å²) in [5, 5.41) is 0.985. The van der Waals surface area contributed by atoms with E-state index in [4.69, 9.17) is 9.15 Å². The Hall–Kier alpha value is -2.27. The number of anilines is 1. The van der Waals surface area contributed by atoms with Crippen molar-refractivity contribution >= 4 is 32.6 Å². The quantitative estimate of drug-likeness (QED) is 0.581. The molecular formula is C20H18BrNO3. The highest BCUT2D eigenvalue weighted by Gasteiger charge is 2.23. The van der Waals surface area contributed by atoms with Crippen molar-refractivity contribution in [3.63, 3.8) is 0 Å². The van der Waals surface area contributed by atoms with Crippen molar-refractivity contribution in [2.75, 3.05) is 11.6 Å². The summed E-state index contributed by atoms with van der Waals surface area (Å²) in [5.74, 6) is 0.787. The van der Waals surface area contributed by atoms with E-state index in [0.29, 0.717) is 18.9 Å². The lowest BCUT2D eigenvalue weighted by atomic mass is 10.0. The molecule has 0 unspecified atom stereocenters. The van der Waals surface area contributed by atoms with Gasteiger partial charge in [-0.1, -0.05) is 22.9 Å². The Morgan fingerprint density at radius 2 is 2.04 bits per heavy atom. The van der Waals surface area contributed by atoms with E-state index < -0.39 is 0 Å². The molecule has 1 aliphatic heterocycles. The predicted octanol–water partition coefficient (Wildman–Crippen LogP) is 4.78. The van der Waals surface area contributed by atoms with Gasteiger partial charge in [0.05, 0.1) is 12.1 Å². The molecule has 0 N–H and O–H groups in total. The number of aryl methyl sites for hydroxylation is 2. The number of ether oxygens (including phenoxy) is 1. The highest BCUT2D eigenvalue weighted by molar-refractivity contribution is 9.10. The maximum atomic E-state index is 12.0. The lowest BCUT2D eigenvalue weighted by Gasteiger charge is -2.32. The topological polar surface area (TPSA) is 42.7 Å². The van der Waals surface area contributed by atoms with Crippen LogP contribution in [0.5, 0.6) is 5.75 Å². The summed E-state index contributed by atoms with van der Waals surface area (Å²) in [6.07, 6.45) is 0.789. The standard InChI is InChI=1S/C20H18BrNO3/c1-3-13-9-19(23)25-20-15(13)5-7-18-16(20)10-22(11-24-18)17-6-4-14(21)8-12(17)2/h4-9H,3,10-11H2,1-2H3. The van der Waals surface area contributed by atoms with Crippen LogP contribution in [0.1, 0.15) is 23.6 Å². The van der Waals surface area contributed by atoms with E-state index in [0.717, 1.165) is 44.4 Å². The molecule has 3 aromatic rings. The van der Waals surface area contributed by atoms with Gasteiger partial charge in [-0.25, -0.2) is 4.79 Å². The molecule has 0 atom stereocenters. The first kappa shape index (κ1) is 16.2. The van der Waals surface area contributed by atoms with Gasteiger partial charge < -0.3 is 14.1 Å². The lowest BCUT2D eigenvalue weighted by molar-refractivity contribution is 0.289. The van der Waals surface area contributed by atoms with Gasteiger partial charge in [-0.15, -0.1) is 0 Å². The lowest BCUT2D eigenvalue weighted by Crippen LogP contribution is -2.32. The van der Waals surface area contributed by atoms with Crippen molar-refractivity contribution in [2.24, 2.45) is 0 Å². The minimum atomic E-state index is -0.310.